The van der Waals surface area contributed by atoms with Crippen LogP contribution < -0.4 is 0 Å². The molecule has 0 aromatic heterocycles. The second-order valence-corrected chi connectivity index (χ2v) is 4.75. The molecule has 0 saturated heterocycles. The van der Waals surface area contributed by atoms with Crippen molar-refractivity contribution in [2.24, 2.45) is 0 Å². The maximum atomic E-state index is 13.0. The first kappa shape index (κ1) is 15.3. The van der Waals surface area contributed by atoms with Gasteiger partial charge < -0.3 is 4.90 Å². The van der Waals surface area contributed by atoms with Gasteiger partial charge in [0.2, 0.25) is 0 Å². The average molecular weight is 292 g/mol. The molecule has 0 heterocycles. The van der Waals surface area contributed by atoms with E-state index in [9.17, 15) is 9.18 Å². The molecule has 0 N–H and O–H groups in total. The summed E-state index contributed by atoms with van der Waals surface area (Å²) in [6, 6.07) is 4.00. The van der Waals surface area contributed by atoms with Crippen molar-refractivity contribution in [1.29, 1.82) is 0 Å². The van der Waals surface area contributed by atoms with Crippen LogP contribution in [0, 0.1) is 5.82 Å². The summed E-state index contributed by atoms with van der Waals surface area (Å²) in [6.45, 7) is 3.19. The molecule has 0 aliphatic carbocycles. The Kier molecular flexibility index (Phi) is 6.44. The number of nitrogens with zero attached hydrogens (tertiary/aromatic N) is 1. The summed E-state index contributed by atoms with van der Waals surface area (Å²) in [4.78, 5) is 13.9. The average Bonchev–Trinajstić information content (AvgIpc) is 2.37. The Morgan fingerprint density at radius 2 is 2.11 bits per heavy atom. The fourth-order valence-electron chi connectivity index (χ4n) is 1.58. The van der Waals surface area contributed by atoms with Crippen molar-refractivity contribution < 1.29 is 9.18 Å². The largest absolute Gasteiger partial charge is 0.337 e. The van der Waals surface area contributed by atoms with Crippen LogP contribution in [0.15, 0.2) is 18.2 Å². The van der Waals surface area contributed by atoms with Gasteiger partial charge in [0, 0.05) is 24.5 Å². The van der Waals surface area contributed by atoms with Crippen LogP contribution in [0.2, 0.25) is 5.02 Å². The van der Waals surface area contributed by atoms with Gasteiger partial charge >= 0.3 is 0 Å². The predicted molar refractivity (Wildman–Crippen MR) is 72.9 cm³/mol. The molecular formula is C13H16Cl2FNO. The fourth-order valence-corrected chi connectivity index (χ4v) is 1.96. The topological polar surface area (TPSA) is 20.3 Å². The van der Waals surface area contributed by atoms with Crippen molar-refractivity contribution in [3.8, 4) is 0 Å². The zero-order valence-electron chi connectivity index (χ0n) is 10.3. The molecule has 100 valence electrons. The van der Waals surface area contributed by atoms with Crippen LogP contribution in [0.25, 0.3) is 0 Å². The number of amides is 1. The summed E-state index contributed by atoms with van der Waals surface area (Å²) in [7, 11) is 0. The molecule has 0 saturated carbocycles. The number of rotatable bonds is 6. The monoisotopic (exact) mass is 291 g/mol. The highest BCUT2D eigenvalue weighted by Gasteiger charge is 2.15. The molecule has 1 aromatic carbocycles. The van der Waals surface area contributed by atoms with Gasteiger partial charge in [-0.2, -0.15) is 0 Å². The maximum absolute atomic E-state index is 13.0. The Bertz CT molecular complexity index is 412. The van der Waals surface area contributed by atoms with Crippen LogP contribution in [0.5, 0.6) is 0 Å². The molecule has 0 spiro atoms. The van der Waals surface area contributed by atoms with E-state index in [1.807, 2.05) is 0 Å². The van der Waals surface area contributed by atoms with Crippen molar-refractivity contribution in [3.63, 3.8) is 0 Å². The normalized spacial score (nSPS) is 10.4. The maximum Gasteiger partial charge on any atom is 0.253 e. The smallest absolute Gasteiger partial charge is 0.253 e. The molecule has 1 rings (SSSR count). The summed E-state index contributed by atoms with van der Waals surface area (Å²) in [5, 5.41) is -0.0397. The summed E-state index contributed by atoms with van der Waals surface area (Å²) in [5.74, 6) is -0.304. The van der Waals surface area contributed by atoms with Crippen LogP contribution >= 0.6 is 23.2 Å². The Morgan fingerprint density at radius 1 is 1.39 bits per heavy atom. The fraction of sp³-hybridized carbons (Fsp3) is 0.462. The SMILES string of the molecule is CCCCN(CCCl)C(=O)c1ccc(F)c(Cl)c1. The Hall–Kier alpha value is -0.800. The van der Waals surface area contributed by atoms with E-state index >= 15 is 0 Å². The molecule has 0 radical (unpaired) electrons. The lowest BCUT2D eigenvalue weighted by molar-refractivity contribution is 0.0763. The van der Waals surface area contributed by atoms with Gasteiger partial charge in [-0.15, -0.1) is 11.6 Å². The van der Waals surface area contributed by atoms with E-state index in [2.05, 4.69) is 6.92 Å². The van der Waals surface area contributed by atoms with Gasteiger partial charge in [-0.05, 0) is 24.6 Å². The van der Waals surface area contributed by atoms with Crippen molar-refractivity contribution in [3.05, 3.63) is 34.6 Å². The molecule has 5 heteroatoms. The molecular weight excluding hydrogens is 276 g/mol. The molecule has 0 aliphatic heterocycles. The van der Waals surface area contributed by atoms with Crippen LogP contribution in [0.1, 0.15) is 30.1 Å². The number of hydrogen-bond acceptors (Lipinski definition) is 1. The second kappa shape index (κ2) is 7.59. The number of hydrogen-bond donors (Lipinski definition) is 0. The number of carbonyl (C=O) groups is 1. The van der Waals surface area contributed by atoms with E-state index in [1.54, 1.807) is 4.90 Å². The molecule has 0 bridgehead atoms. The van der Waals surface area contributed by atoms with Gasteiger partial charge in [0.15, 0.2) is 0 Å². The highest BCUT2D eigenvalue weighted by atomic mass is 35.5. The van der Waals surface area contributed by atoms with Gasteiger partial charge in [-0.1, -0.05) is 24.9 Å². The van der Waals surface area contributed by atoms with E-state index in [4.69, 9.17) is 23.2 Å². The van der Waals surface area contributed by atoms with Gasteiger partial charge in [-0.25, -0.2) is 4.39 Å². The minimum absolute atomic E-state index is 0.0397. The van der Waals surface area contributed by atoms with E-state index < -0.39 is 5.82 Å². The molecule has 0 aliphatic rings. The summed E-state index contributed by atoms with van der Waals surface area (Å²) < 4.78 is 13.0. The quantitative estimate of drug-likeness (QED) is 0.727. The zero-order valence-corrected chi connectivity index (χ0v) is 11.8. The molecule has 0 atom stereocenters. The highest BCUT2D eigenvalue weighted by molar-refractivity contribution is 6.31. The van der Waals surface area contributed by atoms with Crippen molar-refractivity contribution in [1.82, 2.24) is 4.90 Å². The van der Waals surface area contributed by atoms with Crippen molar-refractivity contribution in [2.45, 2.75) is 19.8 Å². The van der Waals surface area contributed by atoms with Crippen LogP contribution in [-0.4, -0.2) is 29.8 Å². The summed E-state index contributed by atoms with van der Waals surface area (Å²) >= 11 is 11.4. The van der Waals surface area contributed by atoms with Gasteiger partial charge in [0.25, 0.3) is 5.91 Å². The first-order valence-electron chi connectivity index (χ1n) is 5.90. The number of alkyl halides is 1. The minimum Gasteiger partial charge on any atom is -0.337 e. The predicted octanol–water partition coefficient (Wildman–Crippen LogP) is 3.96. The second-order valence-electron chi connectivity index (χ2n) is 3.96. The Labute approximate surface area is 117 Å². The number of halogens is 3. The van der Waals surface area contributed by atoms with Crippen LogP contribution in [-0.2, 0) is 0 Å². The third kappa shape index (κ3) is 4.14. The lowest BCUT2D eigenvalue weighted by Gasteiger charge is -2.21. The van der Waals surface area contributed by atoms with E-state index in [1.165, 1.54) is 18.2 Å². The first-order chi connectivity index (χ1) is 8.60. The standard InChI is InChI=1S/C13H16Cl2FNO/c1-2-3-7-17(8-6-14)13(18)10-4-5-12(16)11(15)9-10/h4-5,9H,2-3,6-8H2,1H3. The molecule has 18 heavy (non-hydrogen) atoms. The van der Waals surface area contributed by atoms with Crippen LogP contribution in [0.4, 0.5) is 4.39 Å². The first-order valence-corrected chi connectivity index (χ1v) is 6.81. The minimum atomic E-state index is -0.523. The number of benzene rings is 1. The third-order valence-electron chi connectivity index (χ3n) is 2.59. The molecule has 1 amide bonds. The molecule has 2 nitrogen and oxygen atoms in total. The van der Waals surface area contributed by atoms with E-state index in [0.717, 1.165) is 12.8 Å². The van der Waals surface area contributed by atoms with E-state index in [-0.39, 0.29) is 10.9 Å². The lowest BCUT2D eigenvalue weighted by Crippen LogP contribution is -2.33. The van der Waals surface area contributed by atoms with Gasteiger partial charge in [0.05, 0.1) is 5.02 Å². The summed E-state index contributed by atoms with van der Waals surface area (Å²) in [5.41, 5.74) is 0.391. The molecule has 0 fully saturated rings. The van der Waals surface area contributed by atoms with E-state index in [0.29, 0.717) is 24.5 Å². The van der Waals surface area contributed by atoms with Crippen LogP contribution in [0.3, 0.4) is 0 Å². The number of unbranched alkanes of at least 4 members (excludes halogenated alkanes) is 1. The Morgan fingerprint density at radius 3 is 2.67 bits per heavy atom. The third-order valence-corrected chi connectivity index (χ3v) is 3.05. The van der Waals surface area contributed by atoms with Gasteiger partial charge in [0.1, 0.15) is 5.82 Å². The summed E-state index contributed by atoms with van der Waals surface area (Å²) in [6.07, 6.45) is 1.91. The zero-order chi connectivity index (χ0) is 13.5. The Balaban J connectivity index is 2.83. The van der Waals surface area contributed by atoms with Gasteiger partial charge in [-0.3, -0.25) is 4.79 Å². The number of carbonyl (C=O) groups excluding carboxylic acids is 1. The van der Waals surface area contributed by atoms with Crippen molar-refractivity contribution in [2.75, 3.05) is 19.0 Å². The highest BCUT2D eigenvalue weighted by Crippen LogP contribution is 2.17. The molecule has 0 unspecified atom stereocenters. The van der Waals surface area contributed by atoms with Crippen molar-refractivity contribution >= 4 is 29.1 Å². The lowest BCUT2D eigenvalue weighted by atomic mass is 10.2. The molecule has 1 aromatic rings.